The van der Waals surface area contributed by atoms with Crippen LogP contribution in [-0.4, -0.2) is 12.2 Å². The molecule has 46 valence electrons. The van der Waals surface area contributed by atoms with Crippen LogP contribution in [0.1, 0.15) is 13.3 Å². The Kier molecular flexibility index (Phi) is 3.56. The highest BCUT2D eigenvalue weighted by Crippen LogP contribution is 1.69. The summed E-state index contributed by atoms with van der Waals surface area (Å²) in [5.74, 6) is -0.00491. The van der Waals surface area contributed by atoms with Crippen LogP contribution >= 0.6 is 0 Å². The molecule has 8 heavy (non-hydrogen) atoms. The normalized spacial score (nSPS) is 9.62. The van der Waals surface area contributed by atoms with E-state index in [4.69, 9.17) is 11.5 Å². The van der Waals surface area contributed by atoms with Crippen molar-refractivity contribution in [3.05, 3.63) is 0 Å². The van der Waals surface area contributed by atoms with E-state index in [9.17, 15) is 0 Å². The first-order chi connectivity index (χ1) is 3.77. The molecular weight excluding hydrogens is 104 g/mol. The number of nitrogens with zero attached hydrogens (tertiary/aromatic N) is 2. The van der Waals surface area contributed by atoms with Gasteiger partial charge in [-0.15, -0.1) is 5.10 Å². The average Bonchev–Trinajstić information content (AvgIpc) is 1.66. The van der Waals surface area contributed by atoms with Crippen molar-refractivity contribution in [3.8, 4) is 0 Å². The van der Waals surface area contributed by atoms with Crippen LogP contribution in [0.5, 0.6) is 0 Å². The third kappa shape index (κ3) is 4.94. The van der Waals surface area contributed by atoms with Gasteiger partial charge in [0, 0.05) is 6.21 Å². The molecule has 0 atom stereocenters. The zero-order valence-corrected chi connectivity index (χ0v) is 4.83. The summed E-state index contributed by atoms with van der Waals surface area (Å²) in [4.78, 5) is 0. The van der Waals surface area contributed by atoms with Gasteiger partial charge in [0.05, 0.1) is 0 Å². The molecule has 0 amide bonds. The summed E-state index contributed by atoms with van der Waals surface area (Å²) in [6.45, 7) is 1.95. The Balaban J connectivity index is 3.42. The average molecular weight is 114 g/mol. The number of guanidine groups is 1. The predicted molar refractivity (Wildman–Crippen MR) is 34.6 cm³/mol. The van der Waals surface area contributed by atoms with Crippen molar-refractivity contribution in [2.75, 3.05) is 0 Å². The summed E-state index contributed by atoms with van der Waals surface area (Å²) in [5, 5.41) is 6.86. The van der Waals surface area contributed by atoms with Gasteiger partial charge in [0.2, 0.25) is 5.96 Å². The van der Waals surface area contributed by atoms with Crippen molar-refractivity contribution in [1.82, 2.24) is 0 Å². The maximum absolute atomic E-state index is 4.95. The fourth-order valence-corrected chi connectivity index (χ4v) is 0.189. The van der Waals surface area contributed by atoms with Crippen LogP contribution in [0.2, 0.25) is 0 Å². The summed E-state index contributed by atoms with van der Waals surface area (Å²) >= 11 is 0. The molecule has 4 N–H and O–H groups in total. The molecule has 0 aromatic rings. The van der Waals surface area contributed by atoms with Gasteiger partial charge in [0.1, 0.15) is 0 Å². The molecule has 0 fully saturated rings. The molecule has 0 aliphatic carbocycles. The first-order valence-electron chi connectivity index (χ1n) is 2.37. The van der Waals surface area contributed by atoms with Crippen molar-refractivity contribution in [1.29, 1.82) is 0 Å². The van der Waals surface area contributed by atoms with Crippen molar-refractivity contribution < 1.29 is 0 Å². The third-order valence-electron chi connectivity index (χ3n) is 0.437. The number of hydrogen-bond acceptors (Lipinski definition) is 2. The van der Waals surface area contributed by atoms with Gasteiger partial charge >= 0.3 is 0 Å². The van der Waals surface area contributed by atoms with E-state index < -0.39 is 0 Å². The molecule has 4 nitrogen and oxygen atoms in total. The largest absolute Gasteiger partial charge is 0.369 e. The van der Waals surface area contributed by atoms with Crippen LogP contribution < -0.4 is 11.5 Å². The molecule has 0 unspecified atom stereocenters. The molecule has 4 heteroatoms. The van der Waals surface area contributed by atoms with Crippen LogP contribution in [0.3, 0.4) is 0 Å². The van der Waals surface area contributed by atoms with Crippen LogP contribution in [0, 0.1) is 0 Å². The minimum absolute atomic E-state index is 0.00491. The molecule has 0 bridgehead atoms. The Morgan fingerprint density at radius 2 is 2.25 bits per heavy atom. The second-order valence-electron chi connectivity index (χ2n) is 1.23. The predicted octanol–water partition coefficient (Wildman–Crippen LogP) is -0.344. The molecular formula is C4H10N4. The maximum Gasteiger partial charge on any atom is 0.211 e. The van der Waals surface area contributed by atoms with Crippen LogP contribution in [-0.2, 0) is 0 Å². The summed E-state index contributed by atoms with van der Waals surface area (Å²) in [6, 6.07) is 0. The van der Waals surface area contributed by atoms with Crippen LogP contribution in [0.15, 0.2) is 10.2 Å². The number of nitrogens with two attached hydrogens (primary N) is 2. The van der Waals surface area contributed by atoms with Crippen molar-refractivity contribution >= 4 is 12.2 Å². The molecule has 0 saturated heterocycles. The molecule has 0 saturated carbocycles. The van der Waals surface area contributed by atoms with Gasteiger partial charge in [-0.2, -0.15) is 5.10 Å². The molecule has 0 spiro atoms. The zero-order chi connectivity index (χ0) is 6.41. The van der Waals surface area contributed by atoms with E-state index in [2.05, 4.69) is 10.2 Å². The highest BCUT2D eigenvalue weighted by Gasteiger charge is 1.70. The first kappa shape index (κ1) is 6.94. The fourth-order valence-electron chi connectivity index (χ4n) is 0.189. The van der Waals surface area contributed by atoms with Gasteiger partial charge in [-0.1, -0.05) is 6.92 Å². The molecule has 0 aromatic heterocycles. The second kappa shape index (κ2) is 4.11. The van der Waals surface area contributed by atoms with E-state index in [0.717, 1.165) is 6.42 Å². The zero-order valence-electron chi connectivity index (χ0n) is 4.83. The number of rotatable bonds is 2. The second-order valence-corrected chi connectivity index (χ2v) is 1.23. The van der Waals surface area contributed by atoms with E-state index in [1.54, 1.807) is 6.21 Å². The minimum atomic E-state index is -0.00491. The van der Waals surface area contributed by atoms with Crippen LogP contribution in [0.25, 0.3) is 0 Å². The fraction of sp³-hybridized carbons (Fsp3) is 0.500. The minimum Gasteiger partial charge on any atom is -0.369 e. The molecule has 0 aliphatic heterocycles. The number of hydrogen-bond donors (Lipinski definition) is 2. The Bertz CT molecular complexity index is 101. The lowest BCUT2D eigenvalue weighted by Gasteiger charge is -1.80. The topological polar surface area (TPSA) is 76.8 Å². The van der Waals surface area contributed by atoms with Gasteiger partial charge < -0.3 is 11.5 Å². The Hall–Kier alpha value is -1.06. The highest BCUT2D eigenvalue weighted by atomic mass is 15.3. The van der Waals surface area contributed by atoms with Gasteiger partial charge in [0.15, 0.2) is 0 Å². The van der Waals surface area contributed by atoms with Crippen LogP contribution in [0.4, 0.5) is 0 Å². The van der Waals surface area contributed by atoms with Gasteiger partial charge in [-0.25, -0.2) is 0 Å². The first-order valence-corrected chi connectivity index (χ1v) is 2.37. The summed E-state index contributed by atoms with van der Waals surface area (Å²) in [7, 11) is 0. The molecule has 0 aliphatic rings. The standard InChI is InChI=1S/C4H10N4/c1-2-3-7-8-4(5)6/h3H,2H2,1H3,(H4,5,6,8)/b7-3-. The van der Waals surface area contributed by atoms with Gasteiger partial charge in [-0.3, -0.25) is 0 Å². The van der Waals surface area contributed by atoms with E-state index in [1.807, 2.05) is 6.92 Å². The van der Waals surface area contributed by atoms with Crippen molar-refractivity contribution in [2.45, 2.75) is 13.3 Å². The van der Waals surface area contributed by atoms with E-state index in [-0.39, 0.29) is 5.96 Å². The lowest BCUT2D eigenvalue weighted by atomic mass is 10.6. The molecule has 0 heterocycles. The molecule has 0 radical (unpaired) electrons. The monoisotopic (exact) mass is 114 g/mol. The van der Waals surface area contributed by atoms with Gasteiger partial charge in [0.25, 0.3) is 0 Å². The quantitative estimate of drug-likeness (QED) is 0.292. The summed E-state index contributed by atoms with van der Waals surface area (Å²) in [5.41, 5.74) is 9.89. The smallest absolute Gasteiger partial charge is 0.211 e. The summed E-state index contributed by atoms with van der Waals surface area (Å²) < 4.78 is 0. The van der Waals surface area contributed by atoms with E-state index in [1.165, 1.54) is 0 Å². The third-order valence-corrected chi connectivity index (χ3v) is 0.437. The molecule has 0 aromatic carbocycles. The lowest BCUT2D eigenvalue weighted by molar-refractivity contribution is 1.18. The molecule has 0 rings (SSSR count). The van der Waals surface area contributed by atoms with E-state index in [0.29, 0.717) is 0 Å². The van der Waals surface area contributed by atoms with E-state index >= 15 is 0 Å². The Morgan fingerprint density at radius 1 is 1.62 bits per heavy atom. The van der Waals surface area contributed by atoms with Crippen molar-refractivity contribution in [2.24, 2.45) is 21.7 Å². The Morgan fingerprint density at radius 3 is 2.62 bits per heavy atom. The highest BCUT2D eigenvalue weighted by molar-refractivity contribution is 5.76. The lowest BCUT2D eigenvalue weighted by Crippen LogP contribution is -2.21. The maximum atomic E-state index is 4.95. The van der Waals surface area contributed by atoms with Gasteiger partial charge in [-0.05, 0) is 6.42 Å². The SMILES string of the molecule is CC/C=N\N=C(N)N. The summed E-state index contributed by atoms with van der Waals surface area (Å²) in [6.07, 6.45) is 2.47. The Labute approximate surface area is 48.3 Å². The van der Waals surface area contributed by atoms with Crippen molar-refractivity contribution in [3.63, 3.8) is 0 Å².